The van der Waals surface area contributed by atoms with Crippen LogP contribution in [-0.4, -0.2) is 39.3 Å². The Morgan fingerprint density at radius 2 is 1.87 bits per heavy atom. The van der Waals surface area contributed by atoms with Crippen molar-refractivity contribution in [3.8, 4) is 11.5 Å². The van der Waals surface area contributed by atoms with Gasteiger partial charge in [-0.1, -0.05) is 11.6 Å². The molecule has 1 aromatic carbocycles. The number of hydrogen-bond donors (Lipinski definition) is 0. The molecular weight excluding hydrogens is 320 g/mol. The molecular formula is C16H17ClN2O4. The van der Waals surface area contributed by atoms with E-state index in [2.05, 4.69) is 9.72 Å². The maximum Gasteiger partial charge on any atom is 0.341 e. The van der Waals surface area contributed by atoms with Crippen LogP contribution in [0.4, 0.5) is 11.5 Å². The highest BCUT2D eigenvalue weighted by Gasteiger charge is 2.16. The highest BCUT2D eigenvalue weighted by atomic mass is 35.5. The Morgan fingerprint density at radius 3 is 2.43 bits per heavy atom. The molecule has 1 heterocycles. The van der Waals surface area contributed by atoms with Gasteiger partial charge in [0.05, 0.1) is 32.6 Å². The molecule has 2 rings (SSSR count). The van der Waals surface area contributed by atoms with Gasteiger partial charge in [0.2, 0.25) is 0 Å². The third kappa shape index (κ3) is 3.48. The second-order valence-electron chi connectivity index (χ2n) is 4.60. The Balaban J connectivity index is 2.39. The predicted molar refractivity (Wildman–Crippen MR) is 88.2 cm³/mol. The van der Waals surface area contributed by atoms with Crippen molar-refractivity contribution in [1.29, 1.82) is 0 Å². The zero-order valence-electron chi connectivity index (χ0n) is 13.3. The Hall–Kier alpha value is -2.47. The van der Waals surface area contributed by atoms with Crippen molar-refractivity contribution in [2.75, 3.05) is 33.3 Å². The van der Waals surface area contributed by atoms with E-state index in [9.17, 15) is 4.79 Å². The van der Waals surface area contributed by atoms with Gasteiger partial charge < -0.3 is 19.1 Å². The number of benzene rings is 1. The second-order valence-corrected chi connectivity index (χ2v) is 4.95. The molecule has 122 valence electrons. The lowest BCUT2D eigenvalue weighted by atomic mass is 10.2. The van der Waals surface area contributed by atoms with Crippen LogP contribution in [0.2, 0.25) is 5.15 Å². The average molecular weight is 337 g/mol. The third-order valence-electron chi connectivity index (χ3n) is 3.33. The number of halogens is 1. The number of aromatic nitrogens is 1. The van der Waals surface area contributed by atoms with E-state index in [0.717, 1.165) is 5.69 Å². The number of nitrogens with zero attached hydrogens (tertiary/aromatic N) is 2. The van der Waals surface area contributed by atoms with Crippen molar-refractivity contribution in [2.45, 2.75) is 0 Å². The van der Waals surface area contributed by atoms with Crippen molar-refractivity contribution in [3.63, 3.8) is 0 Å². The summed E-state index contributed by atoms with van der Waals surface area (Å²) < 4.78 is 15.2. The molecule has 7 heteroatoms. The first-order chi connectivity index (χ1) is 11.0. The predicted octanol–water partition coefficient (Wildman–Crippen LogP) is 3.31. The average Bonchev–Trinajstić information content (AvgIpc) is 2.59. The van der Waals surface area contributed by atoms with Crippen molar-refractivity contribution >= 4 is 29.1 Å². The molecule has 0 spiro atoms. The first-order valence-corrected chi connectivity index (χ1v) is 7.10. The van der Waals surface area contributed by atoms with E-state index in [0.29, 0.717) is 17.3 Å². The van der Waals surface area contributed by atoms with Crippen LogP contribution in [0, 0.1) is 0 Å². The van der Waals surface area contributed by atoms with Gasteiger partial charge in [-0.15, -0.1) is 0 Å². The largest absolute Gasteiger partial charge is 0.497 e. The molecule has 0 aliphatic carbocycles. The van der Waals surface area contributed by atoms with Gasteiger partial charge in [0.15, 0.2) is 0 Å². The van der Waals surface area contributed by atoms with Crippen LogP contribution in [0.1, 0.15) is 10.4 Å². The van der Waals surface area contributed by atoms with Gasteiger partial charge in [0.25, 0.3) is 0 Å². The maximum atomic E-state index is 11.6. The maximum absolute atomic E-state index is 11.6. The summed E-state index contributed by atoms with van der Waals surface area (Å²) in [7, 11) is 6.28. The van der Waals surface area contributed by atoms with Gasteiger partial charge in [-0.05, 0) is 24.3 Å². The Bertz CT molecular complexity index is 721. The summed E-state index contributed by atoms with van der Waals surface area (Å²) in [6, 6.07) is 8.70. The molecule has 0 N–H and O–H groups in total. The number of esters is 1. The standard InChI is InChI=1S/C16H17ClN2O4/c1-19(12-7-5-10(21-2)9-13(12)22-3)14-8-6-11(15(17)18-14)16(20)23-4/h5-9H,1-4H3. The lowest BCUT2D eigenvalue weighted by Gasteiger charge is -2.21. The minimum Gasteiger partial charge on any atom is -0.497 e. The zero-order valence-corrected chi connectivity index (χ0v) is 14.0. The third-order valence-corrected chi connectivity index (χ3v) is 3.62. The Labute approximate surface area is 139 Å². The molecule has 0 bridgehead atoms. The summed E-state index contributed by atoms with van der Waals surface area (Å²) in [6.45, 7) is 0. The van der Waals surface area contributed by atoms with Crippen molar-refractivity contribution in [3.05, 3.63) is 41.0 Å². The van der Waals surface area contributed by atoms with Crippen LogP contribution in [0.25, 0.3) is 0 Å². The van der Waals surface area contributed by atoms with Crippen LogP contribution in [0.5, 0.6) is 11.5 Å². The first-order valence-electron chi connectivity index (χ1n) is 6.72. The quantitative estimate of drug-likeness (QED) is 0.616. The minimum absolute atomic E-state index is 0.0775. The van der Waals surface area contributed by atoms with E-state index in [1.165, 1.54) is 7.11 Å². The summed E-state index contributed by atoms with van der Waals surface area (Å²) in [5, 5.41) is 0.0775. The lowest BCUT2D eigenvalue weighted by molar-refractivity contribution is 0.0600. The minimum atomic E-state index is -0.529. The van der Waals surface area contributed by atoms with Gasteiger partial charge in [-0.2, -0.15) is 0 Å². The molecule has 0 atom stereocenters. The van der Waals surface area contributed by atoms with Gasteiger partial charge in [-0.3, -0.25) is 0 Å². The number of methoxy groups -OCH3 is 3. The normalized spacial score (nSPS) is 10.1. The van der Waals surface area contributed by atoms with Crippen molar-refractivity contribution in [2.24, 2.45) is 0 Å². The molecule has 0 radical (unpaired) electrons. The van der Waals surface area contributed by atoms with E-state index < -0.39 is 5.97 Å². The number of rotatable bonds is 5. The monoisotopic (exact) mass is 336 g/mol. The van der Waals surface area contributed by atoms with Gasteiger partial charge >= 0.3 is 5.97 Å². The van der Waals surface area contributed by atoms with Crippen LogP contribution in [-0.2, 0) is 4.74 Å². The van der Waals surface area contributed by atoms with Crippen LogP contribution in [0.15, 0.2) is 30.3 Å². The molecule has 1 aromatic heterocycles. The number of anilines is 2. The Kier molecular flexibility index (Phi) is 5.28. The molecule has 0 amide bonds. The summed E-state index contributed by atoms with van der Waals surface area (Å²) in [5.74, 6) is 1.35. The summed E-state index contributed by atoms with van der Waals surface area (Å²) in [5.41, 5.74) is 0.996. The zero-order chi connectivity index (χ0) is 17.0. The van der Waals surface area contributed by atoms with E-state index in [1.807, 2.05) is 19.2 Å². The van der Waals surface area contributed by atoms with Crippen LogP contribution in [0.3, 0.4) is 0 Å². The molecule has 0 unspecified atom stereocenters. The van der Waals surface area contributed by atoms with E-state index in [-0.39, 0.29) is 10.7 Å². The molecule has 0 saturated heterocycles. The molecule has 23 heavy (non-hydrogen) atoms. The molecule has 0 aliphatic rings. The second kappa shape index (κ2) is 7.19. The highest BCUT2D eigenvalue weighted by Crippen LogP contribution is 2.35. The number of pyridine rings is 1. The smallest absolute Gasteiger partial charge is 0.341 e. The Morgan fingerprint density at radius 1 is 1.13 bits per heavy atom. The highest BCUT2D eigenvalue weighted by molar-refractivity contribution is 6.32. The van der Waals surface area contributed by atoms with Gasteiger partial charge in [-0.25, -0.2) is 9.78 Å². The summed E-state index contributed by atoms with van der Waals surface area (Å²) in [4.78, 5) is 17.6. The number of hydrogen-bond acceptors (Lipinski definition) is 6. The molecule has 6 nitrogen and oxygen atoms in total. The number of carbonyl (C=O) groups excluding carboxylic acids is 1. The SMILES string of the molecule is COC(=O)c1ccc(N(C)c2ccc(OC)cc2OC)nc1Cl. The van der Waals surface area contributed by atoms with Crippen molar-refractivity contribution in [1.82, 2.24) is 4.98 Å². The van der Waals surface area contributed by atoms with Crippen molar-refractivity contribution < 1.29 is 19.0 Å². The molecule has 0 aliphatic heterocycles. The fourth-order valence-electron chi connectivity index (χ4n) is 2.06. The topological polar surface area (TPSA) is 60.9 Å². The number of ether oxygens (including phenoxy) is 3. The van der Waals surface area contributed by atoms with Crippen LogP contribution >= 0.6 is 11.6 Å². The summed E-state index contributed by atoms with van der Waals surface area (Å²) >= 11 is 6.07. The van der Waals surface area contributed by atoms with Gasteiger partial charge in [0.1, 0.15) is 22.5 Å². The molecule has 2 aromatic rings. The van der Waals surface area contributed by atoms with Gasteiger partial charge in [0, 0.05) is 13.1 Å². The van der Waals surface area contributed by atoms with E-state index in [1.54, 1.807) is 37.3 Å². The van der Waals surface area contributed by atoms with Crippen LogP contribution < -0.4 is 14.4 Å². The summed E-state index contributed by atoms with van der Waals surface area (Å²) in [6.07, 6.45) is 0. The van der Waals surface area contributed by atoms with E-state index >= 15 is 0 Å². The molecule has 0 fully saturated rings. The first kappa shape index (κ1) is 16.9. The van der Waals surface area contributed by atoms with E-state index in [4.69, 9.17) is 21.1 Å². The lowest BCUT2D eigenvalue weighted by Crippen LogP contribution is -2.13. The fraction of sp³-hybridized carbons (Fsp3) is 0.250. The number of carbonyl (C=O) groups is 1. The molecule has 0 saturated carbocycles. The fourth-order valence-corrected chi connectivity index (χ4v) is 2.29.